The summed E-state index contributed by atoms with van der Waals surface area (Å²) in [6, 6.07) is 3.99. The minimum Gasteiger partial charge on any atom is -0.476 e. The van der Waals surface area contributed by atoms with Crippen molar-refractivity contribution >= 4 is 11.8 Å². The van der Waals surface area contributed by atoms with Gasteiger partial charge in [-0.15, -0.1) is 10.2 Å². The second-order valence-electron chi connectivity index (χ2n) is 5.90. The van der Waals surface area contributed by atoms with Crippen LogP contribution in [0.1, 0.15) is 42.6 Å². The van der Waals surface area contributed by atoms with Crippen LogP contribution in [0.3, 0.4) is 0 Å². The molecule has 21 heavy (non-hydrogen) atoms. The highest BCUT2D eigenvalue weighted by molar-refractivity contribution is 5.85. The molecular formula is C15H22N4O2. The number of carbonyl (C=O) groups is 1. The first kappa shape index (κ1) is 14.3. The maximum absolute atomic E-state index is 10.8. The van der Waals surface area contributed by atoms with Crippen molar-refractivity contribution in [2.45, 2.75) is 38.1 Å². The third-order valence-corrected chi connectivity index (χ3v) is 4.57. The number of nitrogens with zero attached hydrogens (tertiary/aromatic N) is 4. The van der Waals surface area contributed by atoms with E-state index in [4.69, 9.17) is 5.11 Å². The van der Waals surface area contributed by atoms with Crippen LogP contribution < -0.4 is 4.90 Å². The van der Waals surface area contributed by atoms with Crippen LogP contribution in [0.25, 0.3) is 0 Å². The number of carboxylic acids is 1. The SMILES string of the molecule is O=C(O)c1ccc(N2CCC(N3CCCCC3)CC2)nn1. The predicted molar refractivity (Wildman–Crippen MR) is 79.7 cm³/mol. The zero-order valence-electron chi connectivity index (χ0n) is 12.2. The van der Waals surface area contributed by atoms with Crippen LogP contribution in [0.5, 0.6) is 0 Å². The Kier molecular flexibility index (Phi) is 4.34. The lowest BCUT2D eigenvalue weighted by molar-refractivity contribution is 0.0689. The van der Waals surface area contributed by atoms with E-state index in [2.05, 4.69) is 20.0 Å². The quantitative estimate of drug-likeness (QED) is 0.912. The van der Waals surface area contributed by atoms with Gasteiger partial charge in [-0.3, -0.25) is 0 Å². The molecule has 6 nitrogen and oxygen atoms in total. The van der Waals surface area contributed by atoms with Crippen LogP contribution in [-0.2, 0) is 0 Å². The smallest absolute Gasteiger partial charge is 0.356 e. The van der Waals surface area contributed by atoms with Gasteiger partial charge in [-0.05, 0) is 50.9 Å². The first-order valence-electron chi connectivity index (χ1n) is 7.80. The van der Waals surface area contributed by atoms with Gasteiger partial charge >= 0.3 is 5.97 Å². The average Bonchev–Trinajstić information content (AvgIpc) is 2.56. The number of piperidine rings is 2. The third-order valence-electron chi connectivity index (χ3n) is 4.57. The highest BCUT2D eigenvalue weighted by atomic mass is 16.4. The first-order chi connectivity index (χ1) is 10.2. The van der Waals surface area contributed by atoms with Crippen molar-refractivity contribution in [3.63, 3.8) is 0 Å². The van der Waals surface area contributed by atoms with E-state index in [0.29, 0.717) is 6.04 Å². The van der Waals surface area contributed by atoms with Crippen LogP contribution in [0.15, 0.2) is 12.1 Å². The fourth-order valence-electron chi connectivity index (χ4n) is 3.35. The summed E-state index contributed by atoms with van der Waals surface area (Å²) in [4.78, 5) is 15.6. The Bertz CT molecular complexity index is 477. The van der Waals surface area contributed by atoms with Gasteiger partial charge in [0.15, 0.2) is 11.5 Å². The number of hydrogen-bond donors (Lipinski definition) is 1. The number of likely N-dealkylation sites (tertiary alicyclic amines) is 1. The number of carboxylic acid groups (broad SMARTS) is 1. The van der Waals surface area contributed by atoms with Gasteiger partial charge in [0, 0.05) is 19.1 Å². The molecule has 2 saturated heterocycles. The van der Waals surface area contributed by atoms with Crippen LogP contribution >= 0.6 is 0 Å². The molecule has 0 saturated carbocycles. The summed E-state index contributed by atoms with van der Waals surface area (Å²) in [7, 11) is 0. The fraction of sp³-hybridized carbons (Fsp3) is 0.667. The van der Waals surface area contributed by atoms with Gasteiger partial charge in [-0.2, -0.15) is 0 Å². The van der Waals surface area contributed by atoms with Crippen molar-refractivity contribution in [3.05, 3.63) is 17.8 Å². The lowest BCUT2D eigenvalue weighted by Crippen LogP contribution is -2.47. The Morgan fingerprint density at radius 3 is 2.33 bits per heavy atom. The van der Waals surface area contributed by atoms with E-state index in [9.17, 15) is 4.79 Å². The molecule has 2 aliphatic heterocycles. The molecule has 0 aliphatic carbocycles. The molecule has 0 atom stereocenters. The molecule has 0 spiro atoms. The van der Waals surface area contributed by atoms with E-state index >= 15 is 0 Å². The molecule has 114 valence electrons. The molecule has 0 aromatic carbocycles. The maximum Gasteiger partial charge on any atom is 0.356 e. The monoisotopic (exact) mass is 290 g/mol. The highest BCUT2D eigenvalue weighted by Gasteiger charge is 2.26. The van der Waals surface area contributed by atoms with E-state index in [1.807, 2.05) is 0 Å². The third kappa shape index (κ3) is 3.32. The van der Waals surface area contributed by atoms with Crippen LogP contribution in [-0.4, -0.2) is 58.4 Å². The van der Waals surface area contributed by atoms with Gasteiger partial charge in [-0.25, -0.2) is 4.79 Å². The summed E-state index contributed by atoms with van der Waals surface area (Å²) in [6.45, 7) is 4.44. The number of hydrogen-bond acceptors (Lipinski definition) is 5. The fourth-order valence-corrected chi connectivity index (χ4v) is 3.35. The largest absolute Gasteiger partial charge is 0.476 e. The second kappa shape index (κ2) is 6.39. The Balaban J connectivity index is 1.56. The summed E-state index contributed by atoms with van der Waals surface area (Å²) in [6.07, 6.45) is 6.36. The summed E-state index contributed by atoms with van der Waals surface area (Å²) < 4.78 is 0. The number of rotatable bonds is 3. The van der Waals surface area contributed by atoms with Gasteiger partial charge in [0.2, 0.25) is 0 Å². The molecule has 6 heteroatoms. The lowest BCUT2D eigenvalue weighted by atomic mass is 10.00. The Morgan fingerprint density at radius 2 is 1.76 bits per heavy atom. The van der Waals surface area contributed by atoms with Gasteiger partial charge in [0.1, 0.15) is 0 Å². The molecule has 0 unspecified atom stereocenters. The van der Waals surface area contributed by atoms with Gasteiger partial charge in [-0.1, -0.05) is 6.42 Å². The van der Waals surface area contributed by atoms with E-state index in [1.54, 1.807) is 6.07 Å². The normalized spacial score (nSPS) is 21.4. The summed E-state index contributed by atoms with van der Waals surface area (Å²) >= 11 is 0. The summed E-state index contributed by atoms with van der Waals surface area (Å²) in [5.41, 5.74) is 0.00181. The molecule has 1 aromatic heterocycles. The molecule has 3 heterocycles. The van der Waals surface area contributed by atoms with Crippen LogP contribution in [0.4, 0.5) is 5.82 Å². The topological polar surface area (TPSA) is 69.6 Å². The zero-order chi connectivity index (χ0) is 14.7. The Labute approximate surface area is 124 Å². The van der Waals surface area contributed by atoms with Gasteiger partial charge < -0.3 is 14.9 Å². The summed E-state index contributed by atoms with van der Waals surface area (Å²) in [5, 5.41) is 16.6. The van der Waals surface area contributed by atoms with E-state index in [1.165, 1.54) is 38.4 Å². The standard InChI is InChI=1S/C15H22N4O2/c20-15(21)13-4-5-14(17-16-13)19-10-6-12(7-11-19)18-8-2-1-3-9-18/h4-5,12H,1-3,6-11H2,(H,20,21). The van der Waals surface area contributed by atoms with Gasteiger partial charge in [0.25, 0.3) is 0 Å². The number of aromatic nitrogens is 2. The predicted octanol–water partition coefficient (Wildman–Crippen LogP) is 1.63. The maximum atomic E-state index is 10.8. The van der Waals surface area contributed by atoms with E-state index in [0.717, 1.165) is 31.7 Å². The van der Waals surface area contributed by atoms with Crippen molar-refractivity contribution in [1.82, 2.24) is 15.1 Å². The van der Waals surface area contributed by atoms with E-state index in [-0.39, 0.29) is 5.69 Å². The highest BCUT2D eigenvalue weighted by Crippen LogP contribution is 2.23. The first-order valence-corrected chi connectivity index (χ1v) is 7.80. The second-order valence-corrected chi connectivity index (χ2v) is 5.90. The number of aromatic carboxylic acids is 1. The molecule has 0 radical (unpaired) electrons. The van der Waals surface area contributed by atoms with E-state index < -0.39 is 5.97 Å². The Morgan fingerprint density at radius 1 is 1.05 bits per heavy atom. The molecule has 1 N–H and O–H groups in total. The molecule has 2 aliphatic rings. The molecule has 2 fully saturated rings. The van der Waals surface area contributed by atoms with Crippen LogP contribution in [0.2, 0.25) is 0 Å². The molecule has 3 rings (SSSR count). The Hall–Kier alpha value is -1.69. The summed E-state index contributed by atoms with van der Waals surface area (Å²) in [5.74, 6) is -0.241. The van der Waals surface area contributed by atoms with Crippen molar-refractivity contribution in [1.29, 1.82) is 0 Å². The molecule has 0 amide bonds. The average molecular weight is 290 g/mol. The van der Waals surface area contributed by atoms with Crippen molar-refractivity contribution in [2.75, 3.05) is 31.1 Å². The number of anilines is 1. The molecular weight excluding hydrogens is 268 g/mol. The van der Waals surface area contributed by atoms with Gasteiger partial charge in [0.05, 0.1) is 0 Å². The van der Waals surface area contributed by atoms with Crippen LogP contribution in [0, 0.1) is 0 Å². The van der Waals surface area contributed by atoms with Crippen molar-refractivity contribution in [3.8, 4) is 0 Å². The van der Waals surface area contributed by atoms with Crippen molar-refractivity contribution in [2.24, 2.45) is 0 Å². The van der Waals surface area contributed by atoms with Crippen molar-refractivity contribution < 1.29 is 9.90 Å². The zero-order valence-corrected chi connectivity index (χ0v) is 12.2. The molecule has 0 bridgehead atoms. The minimum absolute atomic E-state index is 0.00181. The minimum atomic E-state index is -1.03. The lowest BCUT2D eigenvalue weighted by Gasteiger charge is -2.40. The molecule has 1 aromatic rings.